The fraction of sp³-hybridized carbons (Fsp3) is 0.250. The highest BCUT2D eigenvalue weighted by atomic mass is 16.2. The molecule has 1 N–H and O–H groups in total. The standard InChI is InChI=1S/C20H23N5O/c1-15-8-10-16(11-9-15)19(24(2)3)20(26)22-12-17-6-4-5-7-18(17)25-14-21-13-23-25/h4-11,13-14,19H,12H2,1-3H3,(H,22,26). The van der Waals surface area contributed by atoms with Crippen LogP contribution in [0.3, 0.4) is 0 Å². The summed E-state index contributed by atoms with van der Waals surface area (Å²) in [7, 11) is 3.82. The van der Waals surface area contributed by atoms with Gasteiger partial charge in [-0.3, -0.25) is 9.69 Å². The molecule has 1 heterocycles. The lowest BCUT2D eigenvalue weighted by Gasteiger charge is -2.24. The molecule has 6 heteroatoms. The first-order valence-corrected chi connectivity index (χ1v) is 8.50. The molecule has 0 aliphatic rings. The summed E-state index contributed by atoms with van der Waals surface area (Å²) >= 11 is 0. The van der Waals surface area contributed by atoms with Crippen LogP contribution in [0.15, 0.2) is 61.2 Å². The number of nitrogens with zero attached hydrogens (tertiary/aromatic N) is 4. The van der Waals surface area contributed by atoms with Crippen molar-refractivity contribution in [2.45, 2.75) is 19.5 Å². The van der Waals surface area contributed by atoms with Crippen molar-refractivity contribution in [3.8, 4) is 5.69 Å². The van der Waals surface area contributed by atoms with Gasteiger partial charge < -0.3 is 5.32 Å². The maximum Gasteiger partial charge on any atom is 0.242 e. The Morgan fingerprint density at radius 1 is 1.15 bits per heavy atom. The molecule has 0 bridgehead atoms. The summed E-state index contributed by atoms with van der Waals surface area (Å²) in [6.07, 6.45) is 3.14. The molecule has 1 atom stereocenters. The third-order valence-corrected chi connectivity index (χ3v) is 4.27. The average Bonchev–Trinajstić information content (AvgIpc) is 3.16. The lowest BCUT2D eigenvalue weighted by atomic mass is 10.0. The Kier molecular flexibility index (Phi) is 5.43. The third-order valence-electron chi connectivity index (χ3n) is 4.27. The summed E-state index contributed by atoms with van der Waals surface area (Å²) in [5.41, 5.74) is 4.03. The normalized spacial score (nSPS) is 12.2. The molecule has 0 saturated heterocycles. The number of amides is 1. The minimum Gasteiger partial charge on any atom is -0.350 e. The molecule has 6 nitrogen and oxygen atoms in total. The van der Waals surface area contributed by atoms with Gasteiger partial charge in [-0.2, -0.15) is 5.10 Å². The van der Waals surface area contributed by atoms with Crippen LogP contribution in [0.25, 0.3) is 5.69 Å². The van der Waals surface area contributed by atoms with Crippen molar-refractivity contribution >= 4 is 5.91 Å². The second-order valence-electron chi connectivity index (χ2n) is 6.46. The van der Waals surface area contributed by atoms with Crippen molar-refractivity contribution in [1.29, 1.82) is 0 Å². The Morgan fingerprint density at radius 3 is 2.54 bits per heavy atom. The number of nitrogens with one attached hydrogen (secondary N) is 1. The van der Waals surface area contributed by atoms with E-state index in [0.29, 0.717) is 6.54 Å². The molecule has 0 aliphatic heterocycles. The second-order valence-corrected chi connectivity index (χ2v) is 6.46. The molecular weight excluding hydrogens is 326 g/mol. The van der Waals surface area contributed by atoms with Crippen LogP contribution < -0.4 is 5.32 Å². The predicted molar refractivity (Wildman–Crippen MR) is 101 cm³/mol. The predicted octanol–water partition coefficient (Wildman–Crippen LogP) is 2.49. The van der Waals surface area contributed by atoms with Crippen molar-refractivity contribution < 1.29 is 4.79 Å². The van der Waals surface area contributed by atoms with Gasteiger partial charge >= 0.3 is 0 Å². The Hall–Kier alpha value is -2.99. The van der Waals surface area contributed by atoms with Crippen LogP contribution in [0.2, 0.25) is 0 Å². The highest BCUT2D eigenvalue weighted by Crippen LogP contribution is 2.20. The summed E-state index contributed by atoms with van der Waals surface area (Å²) < 4.78 is 1.70. The van der Waals surface area contributed by atoms with E-state index in [2.05, 4.69) is 15.4 Å². The van der Waals surface area contributed by atoms with Crippen LogP contribution in [0.5, 0.6) is 0 Å². The van der Waals surface area contributed by atoms with E-state index in [1.54, 1.807) is 11.0 Å². The van der Waals surface area contributed by atoms with Crippen molar-refractivity contribution in [3.63, 3.8) is 0 Å². The number of para-hydroxylation sites is 1. The number of likely N-dealkylation sites (N-methyl/N-ethyl adjacent to an activating group) is 1. The largest absolute Gasteiger partial charge is 0.350 e. The molecule has 0 saturated carbocycles. The van der Waals surface area contributed by atoms with Crippen molar-refractivity contribution in [1.82, 2.24) is 25.0 Å². The Morgan fingerprint density at radius 2 is 1.88 bits per heavy atom. The van der Waals surface area contributed by atoms with Gasteiger partial charge in [0.1, 0.15) is 18.7 Å². The number of carbonyl (C=O) groups is 1. The van der Waals surface area contributed by atoms with E-state index in [-0.39, 0.29) is 11.9 Å². The molecule has 26 heavy (non-hydrogen) atoms. The smallest absolute Gasteiger partial charge is 0.242 e. The Bertz CT molecular complexity index is 856. The quantitative estimate of drug-likeness (QED) is 0.743. The van der Waals surface area contributed by atoms with E-state index in [1.807, 2.05) is 74.4 Å². The molecule has 0 spiro atoms. The van der Waals surface area contributed by atoms with Gasteiger partial charge in [0.05, 0.1) is 5.69 Å². The average molecular weight is 349 g/mol. The molecule has 0 radical (unpaired) electrons. The first-order chi connectivity index (χ1) is 12.6. The molecule has 134 valence electrons. The number of rotatable bonds is 6. The summed E-state index contributed by atoms with van der Waals surface area (Å²) in [5, 5.41) is 7.23. The highest BCUT2D eigenvalue weighted by Gasteiger charge is 2.22. The number of benzene rings is 2. The van der Waals surface area contributed by atoms with E-state index in [0.717, 1.165) is 16.8 Å². The number of hydrogen-bond acceptors (Lipinski definition) is 4. The maximum absolute atomic E-state index is 12.9. The zero-order valence-corrected chi connectivity index (χ0v) is 15.3. The van der Waals surface area contributed by atoms with Crippen LogP contribution in [0, 0.1) is 6.92 Å². The molecule has 3 aromatic rings. The summed E-state index contributed by atoms with van der Waals surface area (Å²) in [5.74, 6) is -0.0350. The van der Waals surface area contributed by atoms with Gasteiger partial charge in [0, 0.05) is 6.54 Å². The van der Waals surface area contributed by atoms with Crippen LogP contribution in [-0.4, -0.2) is 39.7 Å². The minimum absolute atomic E-state index is 0.0350. The molecule has 3 rings (SSSR count). The fourth-order valence-corrected chi connectivity index (χ4v) is 2.93. The fourth-order valence-electron chi connectivity index (χ4n) is 2.93. The summed E-state index contributed by atoms with van der Waals surface area (Å²) in [6.45, 7) is 2.46. The van der Waals surface area contributed by atoms with Gasteiger partial charge in [0.2, 0.25) is 5.91 Å². The highest BCUT2D eigenvalue weighted by molar-refractivity contribution is 5.83. The lowest BCUT2D eigenvalue weighted by molar-refractivity contribution is -0.125. The van der Waals surface area contributed by atoms with Gasteiger partial charge in [-0.05, 0) is 38.2 Å². The molecule has 1 amide bonds. The van der Waals surface area contributed by atoms with Gasteiger partial charge in [-0.25, -0.2) is 9.67 Å². The van der Waals surface area contributed by atoms with E-state index in [9.17, 15) is 4.79 Å². The van der Waals surface area contributed by atoms with E-state index in [1.165, 1.54) is 11.9 Å². The van der Waals surface area contributed by atoms with Crippen molar-refractivity contribution in [2.24, 2.45) is 0 Å². The van der Waals surface area contributed by atoms with E-state index >= 15 is 0 Å². The van der Waals surface area contributed by atoms with Gasteiger partial charge in [0.15, 0.2) is 0 Å². The zero-order chi connectivity index (χ0) is 18.5. The summed E-state index contributed by atoms with van der Waals surface area (Å²) in [4.78, 5) is 18.8. The number of aromatic nitrogens is 3. The topological polar surface area (TPSA) is 63.1 Å². The van der Waals surface area contributed by atoms with E-state index in [4.69, 9.17) is 0 Å². The third kappa shape index (κ3) is 3.97. The Labute approximate surface area is 153 Å². The van der Waals surface area contributed by atoms with Crippen LogP contribution in [-0.2, 0) is 11.3 Å². The molecule has 1 aromatic heterocycles. The van der Waals surface area contributed by atoms with Crippen LogP contribution >= 0.6 is 0 Å². The first kappa shape index (κ1) is 17.8. The van der Waals surface area contributed by atoms with Gasteiger partial charge in [-0.15, -0.1) is 0 Å². The summed E-state index contributed by atoms with van der Waals surface area (Å²) in [6, 6.07) is 15.6. The zero-order valence-electron chi connectivity index (χ0n) is 15.3. The van der Waals surface area contributed by atoms with Crippen molar-refractivity contribution in [3.05, 3.63) is 77.9 Å². The number of hydrogen-bond donors (Lipinski definition) is 1. The first-order valence-electron chi connectivity index (χ1n) is 8.50. The van der Waals surface area contributed by atoms with Crippen molar-refractivity contribution in [2.75, 3.05) is 14.1 Å². The maximum atomic E-state index is 12.9. The van der Waals surface area contributed by atoms with Crippen LogP contribution in [0.4, 0.5) is 0 Å². The van der Waals surface area contributed by atoms with Gasteiger partial charge in [0.25, 0.3) is 0 Å². The lowest BCUT2D eigenvalue weighted by Crippen LogP contribution is -2.36. The monoisotopic (exact) mass is 349 g/mol. The SMILES string of the molecule is Cc1ccc(C(C(=O)NCc2ccccc2-n2cncn2)N(C)C)cc1. The second kappa shape index (κ2) is 7.93. The molecular formula is C20H23N5O. The molecule has 2 aromatic carbocycles. The number of aryl methyl sites for hydroxylation is 1. The molecule has 0 fully saturated rings. The van der Waals surface area contributed by atoms with E-state index < -0.39 is 0 Å². The molecule has 1 unspecified atom stereocenters. The van der Waals surface area contributed by atoms with Gasteiger partial charge in [-0.1, -0.05) is 48.0 Å². The minimum atomic E-state index is -0.339. The Balaban J connectivity index is 1.76. The van der Waals surface area contributed by atoms with Crippen LogP contribution in [0.1, 0.15) is 22.7 Å². The number of carbonyl (C=O) groups excluding carboxylic acids is 1. The molecule has 0 aliphatic carbocycles.